The van der Waals surface area contributed by atoms with Gasteiger partial charge in [-0.3, -0.25) is 4.90 Å². The molecule has 2 aromatic rings. The number of thioether (sulfide) groups is 1. The van der Waals surface area contributed by atoms with Crippen molar-refractivity contribution in [2.75, 3.05) is 31.9 Å². The van der Waals surface area contributed by atoms with Crippen LogP contribution in [0.3, 0.4) is 0 Å². The zero-order valence-corrected chi connectivity index (χ0v) is 16.3. The molecular formula is C20H27N3O2S. The topological polar surface area (TPSA) is 48.7 Å². The van der Waals surface area contributed by atoms with Crippen molar-refractivity contribution in [3.63, 3.8) is 0 Å². The molecule has 1 aliphatic rings. The van der Waals surface area contributed by atoms with Crippen LogP contribution in [-0.2, 0) is 6.54 Å². The maximum Gasteiger partial charge on any atom is 0.317 e. The summed E-state index contributed by atoms with van der Waals surface area (Å²) in [6.07, 6.45) is 1.70. The van der Waals surface area contributed by atoms with Crippen LogP contribution in [0.1, 0.15) is 31.2 Å². The molecule has 1 fully saturated rings. The lowest BCUT2D eigenvalue weighted by Gasteiger charge is -2.34. The van der Waals surface area contributed by atoms with Crippen LogP contribution in [0.25, 0.3) is 0 Å². The highest BCUT2D eigenvalue weighted by Gasteiger charge is 2.22. The van der Waals surface area contributed by atoms with E-state index in [9.17, 15) is 4.79 Å². The standard InChI is InChI=1S/C20H27N3O2S/c1-3-26-19-8-6-17(7-9-19)16(2)21-20(24)23-12-10-22(11-13-23)15-18-5-4-14-25-18/h4-9,14,16H,3,10-13,15H2,1-2H3,(H,21,24). The number of nitrogens with zero attached hydrogens (tertiary/aromatic N) is 2. The largest absolute Gasteiger partial charge is 0.468 e. The van der Waals surface area contributed by atoms with Crippen LogP contribution in [0.15, 0.2) is 52.0 Å². The monoisotopic (exact) mass is 373 g/mol. The quantitative estimate of drug-likeness (QED) is 0.778. The van der Waals surface area contributed by atoms with E-state index in [0.717, 1.165) is 49.8 Å². The first-order chi connectivity index (χ1) is 12.7. The van der Waals surface area contributed by atoms with Crippen LogP contribution >= 0.6 is 11.8 Å². The molecule has 26 heavy (non-hydrogen) atoms. The Bertz CT molecular complexity index is 680. The first-order valence-electron chi connectivity index (χ1n) is 9.18. The second-order valence-corrected chi connectivity index (χ2v) is 7.85. The van der Waals surface area contributed by atoms with E-state index < -0.39 is 0 Å². The highest BCUT2D eigenvalue weighted by Crippen LogP contribution is 2.21. The maximum absolute atomic E-state index is 12.5. The lowest BCUT2D eigenvalue weighted by Crippen LogP contribution is -2.51. The minimum Gasteiger partial charge on any atom is -0.468 e. The fourth-order valence-electron chi connectivity index (χ4n) is 3.11. The molecule has 5 nitrogen and oxygen atoms in total. The summed E-state index contributed by atoms with van der Waals surface area (Å²) in [5.74, 6) is 2.04. The Morgan fingerprint density at radius 1 is 1.19 bits per heavy atom. The number of rotatable bonds is 6. The summed E-state index contributed by atoms with van der Waals surface area (Å²) >= 11 is 1.83. The molecule has 2 heterocycles. The third-order valence-electron chi connectivity index (χ3n) is 4.65. The summed E-state index contributed by atoms with van der Waals surface area (Å²) in [5, 5.41) is 3.12. The molecule has 6 heteroatoms. The maximum atomic E-state index is 12.5. The normalized spacial score (nSPS) is 16.5. The van der Waals surface area contributed by atoms with Gasteiger partial charge >= 0.3 is 6.03 Å². The average molecular weight is 374 g/mol. The molecule has 140 valence electrons. The smallest absolute Gasteiger partial charge is 0.317 e. The van der Waals surface area contributed by atoms with Gasteiger partial charge in [-0.05, 0) is 42.5 Å². The number of benzene rings is 1. The van der Waals surface area contributed by atoms with Crippen molar-refractivity contribution in [1.82, 2.24) is 15.1 Å². The molecule has 1 aromatic carbocycles. The van der Waals surface area contributed by atoms with E-state index in [0.29, 0.717) is 0 Å². The number of piperazine rings is 1. The molecule has 0 saturated carbocycles. The van der Waals surface area contributed by atoms with Crippen molar-refractivity contribution < 1.29 is 9.21 Å². The molecule has 1 atom stereocenters. The molecule has 3 rings (SSSR count). The first kappa shape index (κ1) is 18.9. The first-order valence-corrected chi connectivity index (χ1v) is 10.2. The van der Waals surface area contributed by atoms with E-state index in [1.54, 1.807) is 6.26 Å². The Labute approximate surface area is 159 Å². The van der Waals surface area contributed by atoms with E-state index in [4.69, 9.17) is 4.42 Å². The Hall–Kier alpha value is -1.92. The lowest BCUT2D eigenvalue weighted by molar-refractivity contribution is 0.128. The molecule has 1 unspecified atom stereocenters. The summed E-state index contributed by atoms with van der Waals surface area (Å²) in [6.45, 7) is 8.21. The minimum absolute atomic E-state index is 0.00400. The van der Waals surface area contributed by atoms with Gasteiger partial charge in [0.05, 0.1) is 18.8 Å². The van der Waals surface area contributed by atoms with Crippen molar-refractivity contribution >= 4 is 17.8 Å². The number of furan rings is 1. The van der Waals surface area contributed by atoms with Gasteiger partial charge in [0.2, 0.25) is 0 Å². The van der Waals surface area contributed by atoms with Crippen molar-refractivity contribution in [2.45, 2.75) is 31.3 Å². The highest BCUT2D eigenvalue weighted by molar-refractivity contribution is 7.99. The summed E-state index contributed by atoms with van der Waals surface area (Å²) < 4.78 is 5.40. The third kappa shape index (κ3) is 5.05. The van der Waals surface area contributed by atoms with Gasteiger partial charge in [-0.15, -0.1) is 11.8 Å². The molecule has 2 amide bonds. The van der Waals surface area contributed by atoms with Gasteiger partial charge in [-0.1, -0.05) is 19.1 Å². The summed E-state index contributed by atoms with van der Waals surface area (Å²) in [6, 6.07) is 12.4. The number of amides is 2. The zero-order valence-electron chi connectivity index (χ0n) is 15.5. The molecule has 0 spiro atoms. The molecule has 0 radical (unpaired) electrons. The molecule has 1 N–H and O–H groups in total. The van der Waals surface area contributed by atoms with Gasteiger partial charge in [-0.25, -0.2) is 4.79 Å². The van der Waals surface area contributed by atoms with Crippen molar-refractivity contribution in [3.8, 4) is 0 Å². The van der Waals surface area contributed by atoms with E-state index in [-0.39, 0.29) is 12.1 Å². The van der Waals surface area contributed by atoms with Gasteiger partial charge in [-0.2, -0.15) is 0 Å². The van der Waals surface area contributed by atoms with Crippen LogP contribution in [-0.4, -0.2) is 47.8 Å². The number of hydrogen-bond donors (Lipinski definition) is 1. The Morgan fingerprint density at radius 2 is 1.92 bits per heavy atom. The predicted molar refractivity (Wildman–Crippen MR) is 105 cm³/mol. The van der Waals surface area contributed by atoms with Crippen LogP contribution in [0.4, 0.5) is 4.79 Å². The van der Waals surface area contributed by atoms with Crippen molar-refractivity contribution in [3.05, 3.63) is 54.0 Å². The van der Waals surface area contributed by atoms with E-state index in [1.165, 1.54) is 4.90 Å². The Kier molecular flexibility index (Phi) is 6.63. The Morgan fingerprint density at radius 3 is 2.54 bits per heavy atom. The van der Waals surface area contributed by atoms with Crippen LogP contribution in [0.5, 0.6) is 0 Å². The summed E-state index contributed by atoms with van der Waals surface area (Å²) in [5.41, 5.74) is 1.13. The van der Waals surface area contributed by atoms with Gasteiger partial charge < -0.3 is 14.6 Å². The summed E-state index contributed by atoms with van der Waals surface area (Å²) in [4.78, 5) is 18.0. The number of hydrogen-bond acceptors (Lipinski definition) is 4. The molecular weight excluding hydrogens is 346 g/mol. The van der Waals surface area contributed by atoms with Gasteiger partial charge in [0, 0.05) is 31.1 Å². The number of nitrogens with one attached hydrogen (secondary N) is 1. The lowest BCUT2D eigenvalue weighted by atomic mass is 10.1. The van der Waals surface area contributed by atoms with Crippen LogP contribution < -0.4 is 5.32 Å². The average Bonchev–Trinajstić information content (AvgIpc) is 3.16. The van der Waals surface area contributed by atoms with E-state index in [2.05, 4.69) is 41.4 Å². The SMILES string of the molecule is CCSc1ccc(C(C)NC(=O)N2CCN(Cc3ccco3)CC2)cc1. The zero-order chi connectivity index (χ0) is 18.4. The van der Waals surface area contributed by atoms with Crippen LogP contribution in [0.2, 0.25) is 0 Å². The van der Waals surface area contributed by atoms with E-state index in [1.807, 2.05) is 35.7 Å². The minimum atomic E-state index is 0.00400. The fourth-order valence-corrected chi connectivity index (χ4v) is 3.77. The Balaban J connectivity index is 1.46. The van der Waals surface area contributed by atoms with E-state index >= 15 is 0 Å². The molecule has 0 aliphatic carbocycles. The predicted octanol–water partition coefficient (Wildman–Crippen LogP) is 3.98. The van der Waals surface area contributed by atoms with Gasteiger partial charge in [0.25, 0.3) is 0 Å². The van der Waals surface area contributed by atoms with Crippen molar-refractivity contribution in [1.29, 1.82) is 0 Å². The third-order valence-corrected chi connectivity index (χ3v) is 5.54. The van der Waals surface area contributed by atoms with Gasteiger partial charge in [0.1, 0.15) is 5.76 Å². The number of urea groups is 1. The highest BCUT2D eigenvalue weighted by atomic mass is 32.2. The second kappa shape index (κ2) is 9.14. The molecule has 1 saturated heterocycles. The second-order valence-electron chi connectivity index (χ2n) is 6.52. The number of carbonyl (C=O) groups excluding carboxylic acids is 1. The molecule has 1 aromatic heterocycles. The molecule has 0 bridgehead atoms. The summed E-state index contributed by atoms with van der Waals surface area (Å²) in [7, 11) is 0. The number of carbonyl (C=O) groups is 1. The molecule has 1 aliphatic heterocycles. The van der Waals surface area contributed by atoms with Crippen LogP contribution in [0, 0.1) is 0 Å². The van der Waals surface area contributed by atoms with Crippen molar-refractivity contribution in [2.24, 2.45) is 0 Å². The van der Waals surface area contributed by atoms with Gasteiger partial charge in [0.15, 0.2) is 0 Å². The fraction of sp³-hybridized carbons (Fsp3) is 0.450.